The molecule has 0 aliphatic rings. The highest BCUT2D eigenvalue weighted by atomic mass is 32.2. The minimum Gasteiger partial charge on any atom is -0.489 e. The summed E-state index contributed by atoms with van der Waals surface area (Å²) in [5.41, 5.74) is 2.68. The first-order chi connectivity index (χ1) is 14.9. The van der Waals surface area contributed by atoms with E-state index >= 15 is 0 Å². The maximum absolute atomic E-state index is 12.5. The summed E-state index contributed by atoms with van der Waals surface area (Å²) in [7, 11) is -3.42. The zero-order chi connectivity index (χ0) is 22.1. The molecular formula is C24H24N2O4S. The Labute approximate surface area is 182 Å². The third kappa shape index (κ3) is 7.09. The lowest BCUT2D eigenvalue weighted by atomic mass is 10.1. The van der Waals surface area contributed by atoms with Gasteiger partial charge in [0, 0.05) is 17.8 Å². The Bertz CT molecular complexity index is 1110. The molecule has 0 aliphatic heterocycles. The van der Waals surface area contributed by atoms with Gasteiger partial charge in [0.15, 0.2) is 0 Å². The number of anilines is 1. The fourth-order valence-corrected chi connectivity index (χ4v) is 3.88. The van der Waals surface area contributed by atoms with E-state index in [4.69, 9.17) is 4.74 Å². The second-order valence-electron chi connectivity index (χ2n) is 6.85. The molecule has 0 fully saturated rings. The fraction of sp³-hybridized carbons (Fsp3) is 0.125. The van der Waals surface area contributed by atoms with Gasteiger partial charge in [-0.1, -0.05) is 48.5 Å². The molecule has 1 amide bonds. The number of nitrogens with one attached hydrogen (secondary N) is 2. The van der Waals surface area contributed by atoms with Crippen LogP contribution in [0.3, 0.4) is 0 Å². The molecule has 3 aromatic rings. The van der Waals surface area contributed by atoms with Crippen LogP contribution in [0.15, 0.2) is 91.5 Å². The van der Waals surface area contributed by atoms with Gasteiger partial charge in [-0.3, -0.25) is 4.79 Å². The Morgan fingerprint density at radius 1 is 0.903 bits per heavy atom. The molecule has 160 valence electrons. The summed E-state index contributed by atoms with van der Waals surface area (Å²) in [5, 5.41) is 2.81. The lowest BCUT2D eigenvalue weighted by molar-refractivity contribution is 0.102. The van der Waals surface area contributed by atoms with E-state index in [1.807, 2.05) is 42.5 Å². The average molecular weight is 437 g/mol. The second kappa shape index (κ2) is 10.6. The van der Waals surface area contributed by atoms with Gasteiger partial charge in [-0.15, -0.1) is 6.58 Å². The summed E-state index contributed by atoms with van der Waals surface area (Å²) < 4.78 is 32.0. The molecule has 0 heterocycles. The Morgan fingerprint density at radius 3 is 2.19 bits per heavy atom. The number of rotatable bonds is 10. The first-order valence-electron chi connectivity index (χ1n) is 9.70. The van der Waals surface area contributed by atoms with Crippen LogP contribution in [-0.4, -0.2) is 20.9 Å². The highest BCUT2D eigenvalue weighted by Gasteiger charge is 2.11. The minimum absolute atomic E-state index is 0.137. The molecule has 0 saturated heterocycles. The molecule has 0 unspecified atom stereocenters. The van der Waals surface area contributed by atoms with Gasteiger partial charge in [0.25, 0.3) is 5.91 Å². The summed E-state index contributed by atoms with van der Waals surface area (Å²) >= 11 is 0. The molecule has 3 rings (SSSR count). The van der Waals surface area contributed by atoms with Crippen molar-refractivity contribution in [2.45, 2.75) is 12.4 Å². The summed E-state index contributed by atoms with van der Waals surface area (Å²) in [5.74, 6) is 0.405. The van der Waals surface area contributed by atoms with E-state index in [9.17, 15) is 13.2 Å². The monoisotopic (exact) mass is 436 g/mol. The van der Waals surface area contributed by atoms with Crippen molar-refractivity contribution in [3.63, 3.8) is 0 Å². The molecule has 3 aromatic carbocycles. The Hall–Kier alpha value is -3.42. The van der Waals surface area contributed by atoms with Crippen LogP contribution in [0, 0.1) is 0 Å². The summed E-state index contributed by atoms with van der Waals surface area (Å²) in [6, 6.07) is 23.4. The second-order valence-corrected chi connectivity index (χ2v) is 8.65. The van der Waals surface area contributed by atoms with Crippen LogP contribution < -0.4 is 14.8 Å². The van der Waals surface area contributed by atoms with E-state index in [1.54, 1.807) is 36.4 Å². The van der Waals surface area contributed by atoms with E-state index in [0.29, 0.717) is 23.4 Å². The molecule has 31 heavy (non-hydrogen) atoms. The van der Waals surface area contributed by atoms with Crippen molar-refractivity contribution in [3.05, 3.63) is 108 Å². The van der Waals surface area contributed by atoms with E-state index in [0.717, 1.165) is 11.3 Å². The Morgan fingerprint density at radius 2 is 1.55 bits per heavy atom. The van der Waals surface area contributed by atoms with Gasteiger partial charge in [0.1, 0.15) is 12.4 Å². The molecule has 7 heteroatoms. The van der Waals surface area contributed by atoms with Gasteiger partial charge in [-0.2, -0.15) is 0 Å². The van der Waals surface area contributed by atoms with Gasteiger partial charge >= 0.3 is 0 Å². The van der Waals surface area contributed by atoms with E-state index in [2.05, 4.69) is 16.6 Å². The quantitative estimate of drug-likeness (QED) is 0.468. The number of sulfonamides is 1. The largest absolute Gasteiger partial charge is 0.489 e. The number of carbonyl (C=O) groups is 1. The van der Waals surface area contributed by atoms with Gasteiger partial charge in [-0.25, -0.2) is 13.1 Å². The third-order valence-corrected chi connectivity index (χ3v) is 5.70. The topological polar surface area (TPSA) is 84.5 Å². The number of hydrogen-bond acceptors (Lipinski definition) is 4. The zero-order valence-electron chi connectivity index (χ0n) is 17.0. The number of para-hydroxylation sites is 1. The highest BCUT2D eigenvalue weighted by Crippen LogP contribution is 2.15. The summed E-state index contributed by atoms with van der Waals surface area (Å²) in [6.07, 6.45) is 1.49. The van der Waals surface area contributed by atoms with Crippen LogP contribution in [0.4, 0.5) is 5.69 Å². The van der Waals surface area contributed by atoms with Crippen LogP contribution in [-0.2, 0) is 22.4 Å². The van der Waals surface area contributed by atoms with Crippen molar-refractivity contribution < 1.29 is 17.9 Å². The molecule has 0 atom stereocenters. The van der Waals surface area contributed by atoms with Crippen molar-refractivity contribution in [1.82, 2.24) is 4.72 Å². The number of hydrogen-bond donors (Lipinski definition) is 2. The van der Waals surface area contributed by atoms with Crippen LogP contribution in [0.25, 0.3) is 0 Å². The van der Waals surface area contributed by atoms with Crippen molar-refractivity contribution >= 4 is 21.6 Å². The van der Waals surface area contributed by atoms with Crippen LogP contribution in [0.2, 0.25) is 0 Å². The maximum atomic E-state index is 12.5. The average Bonchev–Trinajstić information content (AvgIpc) is 2.78. The van der Waals surface area contributed by atoms with Crippen molar-refractivity contribution in [3.8, 4) is 5.75 Å². The molecule has 0 aromatic heterocycles. The molecule has 0 radical (unpaired) electrons. The van der Waals surface area contributed by atoms with Gasteiger partial charge in [-0.05, 0) is 47.5 Å². The van der Waals surface area contributed by atoms with E-state index < -0.39 is 10.0 Å². The predicted molar refractivity (Wildman–Crippen MR) is 122 cm³/mol. The van der Waals surface area contributed by atoms with Crippen molar-refractivity contribution in [1.29, 1.82) is 0 Å². The molecule has 0 saturated carbocycles. The molecule has 0 spiro atoms. The van der Waals surface area contributed by atoms with Crippen molar-refractivity contribution in [2.75, 3.05) is 11.9 Å². The Kier molecular flexibility index (Phi) is 7.59. The number of amides is 1. The van der Waals surface area contributed by atoms with Crippen molar-refractivity contribution in [2.24, 2.45) is 0 Å². The van der Waals surface area contributed by atoms with Gasteiger partial charge in [0.05, 0.1) is 5.75 Å². The zero-order valence-corrected chi connectivity index (χ0v) is 17.8. The fourth-order valence-electron chi connectivity index (χ4n) is 2.78. The summed E-state index contributed by atoms with van der Waals surface area (Å²) in [6.45, 7) is 4.09. The van der Waals surface area contributed by atoms with Crippen LogP contribution in [0.1, 0.15) is 21.5 Å². The highest BCUT2D eigenvalue weighted by molar-refractivity contribution is 7.88. The summed E-state index contributed by atoms with van der Waals surface area (Å²) in [4.78, 5) is 12.5. The maximum Gasteiger partial charge on any atom is 0.255 e. The molecule has 6 nitrogen and oxygen atoms in total. The first-order valence-corrected chi connectivity index (χ1v) is 11.4. The van der Waals surface area contributed by atoms with Gasteiger partial charge < -0.3 is 10.1 Å². The van der Waals surface area contributed by atoms with Crippen LogP contribution >= 0.6 is 0 Å². The number of ether oxygens (including phenoxy) is 1. The standard InChI is InChI=1S/C24H24N2O4S/c1-2-16-25-31(28,29)18-20-10-14-22(15-11-20)26-24(27)21-12-8-19(9-13-21)17-30-23-6-4-3-5-7-23/h2-15,25H,1,16-18H2,(H,26,27). The molecule has 0 aliphatic carbocycles. The lowest BCUT2D eigenvalue weighted by Crippen LogP contribution is -2.25. The first kappa shape index (κ1) is 22.3. The third-order valence-electron chi connectivity index (χ3n) is 4.38. The van der Waals surface area contributed by atoms with Crippen LogP contribution in [0.5, 0.6) is 5.75 Å². The minimum atomic E-state index is -3.42. The van der Waals surface area contributed by atoms with E-state index in [-0.39, 0.29) is 18.2 Å². The molecule has 0 bridgehead atoms. The predicted octanol–water partition coefficient (Wildman–Crippen LogP) is 4.12. The normalized spacial score (nSPS) is 11.0. The number of benzene rings is 3. The smallest absolute Gasteiger partial charge is 0.255 e. The SMILES string of the molecule is C=CCNS(=O)(=O)Cc1ccc(NC(=O)c2ccc(COc3ccccc3)cc2)cc1. The molecular weight excluding hydrogens is 412 g/mol. The lowest BCUT2D eigenvalue weighted by Gasteiger charge is -2.09. The van der Waals surface area contributed by atoms with E-state index in [1.165, 1.54) is 6.08 Å². The molecule has 2 N–H and O–H groups in total. The number of carbonyl (C=O) groups excluding carboxylic acids is 1. The van der Waals surface area contributed by atoms with Gasteiger partial charge in [0.2, 0.25) is 10.0 Å². The Balaban J connectivity index is 1.54.